The standard InChI is InChI=1S/C17H26N6O2/c1-21-8-10-22(11-9-21)16(14-6-4-5-7-15(14)25-3)17-18-19-20-23(17)12-13-24-2/h4-7,16H,8-13H2,1-3H3/p+2/t16-/m0/s1. The largest absolute Gasteiger partial charge is 0.496 e. The number of hydrogen-bond acceptors (Lipinski definition) is 5. The van der Waals surface area contributed by atoms with Gasteiger partial charge in [0.25, 0.3) is 0 Å². The second-order valence-corrected chi connectivity index (χ2v) is 6.54. The van der Waals surface area contributed by atoms with E-state index in [1.807, 2.05) is 16.8 Å². The van der Waals surface area contributed by atoms with Crippen molar-refractivity contribution < 1.29 is 19.3 Å². The Hall–Kier alpha value is -2.03. The summed E-state index contributed by atoms with van der Waals surface area (Å²) in [5.74, 6) is 1.75. The quantitative estimate of drug-likeness (QED) is 0.596. The Morgan fingerprint density at radius 3 is 2.64 bits per heavy atom. The van der Waals surface area contributed by atoms with E-state index in [1.165, 1.54) is 4.90 Å². The van der Waals surface area contributed by atoms with E-state index in [4.69, 9.17) is 9.47 Å². The van der Waals surface area contributed by atoms with Crippen LogP contribution in [0.5, 0.6) is 5.75 Å². The fraction of sp³-hybridized carbons (Fsp3) is 0.588. The Bertz CT molecular complexity index is 669. The Morgan fingerprint density at radius 1 is 1.16 bits per heavy atom. The van der Waals surface area contributed by atoms with Crippen LogP contribution in [0.25, 0.3) is 0 Å². The topological polar surface area (TPSA) is 70.9 Å². The van der Waals surface area contributed by atoms with Crippen LogP contribution in [0.2, 0.25) is 0 Å². The van der Waals surface area contributed by atoms with Gasteiger partial charge in [-0.15, -0.1) is 5.10 Å². The van der Waals surface area contributed by atoms with E-state index in [0.29, 0.717) is 13.2 Å². The summed E-state index contributed by atoms with van der Waals surface area (Å²) in [6, 6.07) is 8.23. The maximum atomic E-state index is 5.64. The van der Waals surface area contributed by atoms with Crippen molar-refractivity contribution in [2.24, 2.45) is 0 Å². The maximum Gasteiger partial charge on any atom is 0.214 e. The molecule has 1 aromatic heterocycles. The number of benzene rings is 1. The normalized spacial score (nSPS) is 21.9. The van der Waals surface area contributed by atoms with Crippen LogP contribution < -0.4 is 14.5 Å². The molecule has 0 unspecified atom stereocenters. The molecule has 0 amide bonds. The highest BCUT2D eigenvalue weighted by atomic mass is 16.5. The molecule has 1 saturated heterocycles. The van der Waals surface area contributed by atoms with E-state index >= 15 is 0 Å². The van der Waals surface area contributed by atoms with Crippen molar-refractivity contribution in [1.29, 1.82) is 0 Å². The van der Waals surface area contributed by atoms with E-state index in [1.54, 1.807) is 19.1 Å². The molecule has 3 rings (SSSR count). The summed E-state index contributed by atoms with van der Waals surface area (Å²) in [5, 5.41) is 12.5. The highest BCUT2D eigenvalue weighted by Crippen LogP contribution is 2.26. The Labute approximate surface area is 148 Å². The van der Waals surface area contributed by atoms with E-state index in [9.17, 15) is 0 Å². The molecule has 0 saturated carbocycles. The molecule has 2 aromatic rings. The molecule has 8 nitrogen and oxygen atoms in total. The van der Waals surface area contributed by atoms with Gasteiger partial charge >= 0.3 is 0 Å². The van der Waals surface area contributed by atoms with Gasteiger partial charge in [-0.2, -0.15) is 0 Å². The molecular weight excluding hydrogens is 320 g/mol. The summed E-state index contributed by atoms with van der Waals surface area (Å²) < 4.78 is 12.7. The lowest BCUT2D eigenvalue weighted by Crippen LogP contribution is -3.27. The maximum absolute atomic E-state index is 5.64. The van der Waals surface area contributed by atoms with Crippen molar-refractivity contribution >= 4 is 0 Å². The summed E-state index contributed by atoms with van der Waals surface area (Å²) in [5.41, 5.74) is 1.13. The van der Waals surface area contributed by atoms with E-state index < -0.39 is 0 Å². The van der Waals surface area contributed by atoms with Crippen molar-refractivity contribution in [2.45, 2.75) is 12.6 Å². The molecule has 0 aliphatic carbocycles. The number of nitrogens with zero attached hydrogens (tertiary/aromatic N) is 4. The number of rotatable bonds is 7. The molecule has 1 aliphatic heterocycles. The zero-order chi connectivity index (χ0) is 17.6. The molecule has 0 radical (unpaired) electrons. The van der Waals surface area contributed by atoms with Crippen LogP contribution >= 0.6 is 0 Å². The number of nitrogens with one attached hydrogen (secondary N) is 2. The van der Waals surface area contributed by atoms with E-state index in [0.717, 1.165) is 43.3 Å². The summed E-state index contributed by atoms with van der Waals surface area (Å²) >= 11 is 0. The third-order valence-corrected chi connectivity index (χ3v) is 4.93. The molecule has 8 heteroatoms. The third kappa shape index (κ3) is 3.97. The SMILES string of the molecule is COCCn1nnnc1[C@H](c1ccccc1OC)[NH+]1CC[NH+](C)CC1. The number of quaternary nitrogens is 2. The minimum absolute atomic E-state index is 0.0520. The number of tetrazole rings is 1. The highest BCUT2D eigenvalue weighted by molar-refractivity contribution is 5.37. The summed E-state index contributed by atoms with van der Waals surface area (Å²) in [6.45, 7) is 5.65. The van der Waals surface area contributed by atoms with Gasteiger partial charge in [0.2, 0.25) is 5.82 Å². The van der Waals surface area contributed by atoms with Crippen LogP contribution in [0.3, 0.4) is 0 Å². The van der Waals surface area contributed by atoms with E-state index in [2.05, 4.69) is 34.7 Å². The number of piperazine rings is 1. The predicted octanol–water partition coefficient (Wildman–Crippen LogP) is -2.17. The molecule has 1 aromatic carbocycles. The lowest BCUT2D eigenvalue weighted by molar-refractivity contribution is -1.02. The van der Waals surface area contributed by atoms with Crippen LogP contribution in [-0.2, 0) is 11.3 Å². The van der Waals surface area contributed by atoms with Crippen molar-refractivity contribution in [3.8, 4) is 5.75 Å². The van der Waals surface area contributed by atoms with Gasteiger partial charge in [0.05, 0.1) is 32.9 Å². The van der Waals surface area contributed by atoms with Crippen molar-refractivity contribution in [2.75, 3.05) is 54.1 Å². The molecule has 1 aliphatic rings. The molecule has 25 heavy (non-hydrogen) atoms. The van der Waals surface area contributed by atoms with Gasteiger partial charge in [0.1, 0.15) is 31.9 Å². The zero-order valence-corrected chi connectivity index (χ0v) is 15.2. The summed E-state index contributed by atoms with van der Waals surface area (Å²) in [7, 11) is 5.65. The third-order valence-electron chi connectivity index (χ3n) is 4.93. The fourth-order valence-corrected chi connectivity index (χ4v) is 3.49. The molecule has 2 heterocycles. The van der Waals surface area contributed by atoms with Crippen LogP contribution in [0.1, 0.15) is 17.4 Å². The Balaban J connectivity index is 1.99. The van der Waals surface area contributed by atoms with Crippen molar-refractivity contribution in [1.82, 2.24) is 20.2 Å². The first-order chi connectivity index (χ1) is 12.2. The Morgan fingerprint density at radius 2 is 1.92 bits per heavy atom. The van der Waals surface area contributed by atoms with Gasteiger partial charge in [-0.1, -0.05) is 12.1 Å². The number of hydrogen-bond donors (Lipinski definition) is 2. The number of aromatic nitrogens is 4. The van der Waals surface area contributed by atoms with E-state index in [-0.39, 0.29) is 6.04 Å². The van der Waals surface area contributed by atoms with Crippen LogP contribution in [0.4, 0.5) is 0 Å². The lowest BCUT2D eigenvalue weighted by Gasteiger charge is -2.33. The number of ether oxygens (including phenoxy) is 2. The number of likely N-dealkylation sites (N-methyl/N-ethyl adjacent to an activating group) is 1. The first-order valence-electron chi connectivity index (χ1n) is 8.78. The highest BCUT2D eigenvalue weighted by Gasteiger charge is 2.36. The smallest absolute Gasteiger partial charge is 0.214 e. The molecule has 2 N–H and O–H groups in total. The number of para-hydroxylation sites is 1. The second-order valence-electron chi connectivity index (χ2n) is 6.54. The zero-order valence-electron chi connectivity index (χ0n) is 15.2. The van der Waals surface area contributed by atoms with Gasteiger partial charge in [-0.05, 0) is 22.6 Å². The molecule has 1 fully saturated rings. The van der Waals surface area contributed by atoms with Crippen molar-refractivity contribution in [3.63, 3.8) is 0 Å². The lowest BCUT2D eigenvalue weighted by atomic mass is 10.0. The predicted molar refractivity (Wildman–Crippen MR) is 91.8 cm³/mol. The molecule has 1 atom stereocenters. The number of methoxy groups -OCH3 is 2. The first kappa shape index (κ1) is 17.8. The van der Waals surface area contributed by atoms with Gasteiger partial charge in [0.15, 0.2) is 6.04 Å². The molecule has 0 bridgehead atoms. The van der Waals surface area contributed by atoms with Crippen LogP contribution in [-0.4, -0.2) is 74.3 Å². The van der Waals surface area contributed by atoms with Crippen LogP contribution in [0, 0.1) is 0 Å². The monoisotopic (exact) mass is 348 g/mol. The Kier molecular flexibility index (Phi) is 5.95. The molecular formula is C17H28N6O2+2. The minimum Gasteiger partial charge on any atom is -0.496 e. The van der Waals surface area contributed by atoms with Gasteiger partial charge in [-0.3, -0.25) is 0 Å². The van der Waals surface area contributed by atoms with Crippen molar-refractivity contribution in [3.05, 3.63) is 35.7 Å². The second kappa shape index (κ2) is 8.37. The minimum atomic E-state index is 0.0520. The van der Waals surface area contributed by atoms with Gasteiger partial charge in [-0.25, -0.2) is 4.68 Å². The fourth-order valence-electron chi connectivity index (χ4n) is 3.49. The summed E-state index contributed by atoms with van der Waals surface area (Å²) in [6.07, 6.45) is 0. The average Bonchev–Trinajstić information content (AvgIpc) is 3.10. The summed E-state index contributed by atoms with van der Waals surface area (Å²) in [4.78, 5) is 3.05. The average molecular weight is 348 g/mol. The first-order valence-corrected chi connectivity index (χ1v) is 8.78. The van der Waals surface area contributed by atoms with Gasteiger partial charge in [0, 0.05) is 7.11 Å². The van der Waals surface area contributed by atoms with Gasteiger partial charge < -0.3 is 19.3 Å². The molecule has 0 spiro atoms. The molecule has 136 valence electrons. The van der Waals surface area contributed by atoms with Crippen LogP contribution in [0.15, 0.2) is 24.3 Å².